The highest BCUT2D eigenvalue weighted by molar-refractivity contribution is 6.13. The van der Waals surface area contributed by atoms with Gasteiger partial charge in [-0.05, 0) is 88.7 Å². The maximum absolute atomic E-state index is 5.55. The second-order valence-electron chi connectivity index (χ2n) is 15.8. The van der Waals surface area contributed by atoms with E-state index in [9.17, 15) is 0 Å². The molecule has 6 aromatic carbocycles. The summed E-state index contributed by atoms with van der Waals surface area (Å²) < 4.78 is 4.65. The van der Waals surface area contributed by atoms with E-state index < -0.39 is 0 Å². The summed E-state index contributed by atoms with van der Waals surface area (Å²) in [5.74, 6) is 2.23. The highest BCUT2D eigenvalue weighted by Gasteiger charge is 2.23. The molecular weight excluding hydrogens is 659 g/mol. The number of H-pyrrole nitrogens is 1. The summed E-state index contributed by atoms with van der Waals surface area (Å²) in [6, 6.07) is 50.4. The molecule has 0 bridgehead atoms. The fourth-order valence-corrected chi connectivity index (χ4v) is 8.23. The van der Waals surface area contributed by atoms with Gasteiger partial charge in [0, 0.05) is 50.1 Å². The summed E-state index contributed by atoms with van der Waals surface area (Å²) in [6.45, 7) is 11.3. The number of nitrogens with one attached hydrogen (secondary N) is 1. The number of hydrogen-bond donors (Lipinski definition) is 1. The van der Waals surface area contributed by atoms with Gasteiger partial charge in [0.2, 0.25) is 0 Å². The zero-order valence-electron chi connectivity index (χ0n) is 31.2. The zero-order chi connectivity index (χ0) is 36.7. The Morgan fingerprint density at radius 1 is 0.593 bits per heavy atom. The normalized spacial score (nSPS) is 12.3. The number of nitrogens with zero attached hydrogens (tertiary/aromatic N) is 4. The maximum atomic E-state index is 5.55. The van der Waals surface area contributed by atoms with Crippen LogP contribution in [0.1, 0.15) is 51.7 Å². The second-order valence-corrected chi connectivity index (χ2v) is 15.8. The van der Waals surface area contributed by atoms with Crippen molar-refractivity contribution in [2.24, 2.45) is 0 Å². The monoisotopic (exact) mass is 699 g/mol. The Morgan fingerprint density at radius 3 is 2.20 bits per heavy atom. The SMILES string of the molecule is CC(C)c1ccnc(-n2c3ccc(C(C)(C)C)cc3c3ccc(-c4cccc5c4nc(-c4cccc6c4[nH]c4ccccc46)n5-c4ccccc4)cc32)c1. The number of hydrogen-bond acceptors (Lipinski definition) is 2. The Bertz CT molecular complexity index is 3060. The van der Waals surface area contributed by atoms with E-state index in [4.69, 9.17) is 9.97 Å². The lowest BCUT2D eigenvalue weighted by Crippen LogP contribution is -2.10. The van der Waals surface area contributed by atoms with Gasteiger partial charge in [0.25, 0.3) is 0 Å². The van der Waals surface area contributed by atoms with Gasteiger partial charge in [0.05, 0.1) is 27.6 Å². The molecular formula is C49H41N5. The van der Waals surface area contributed by atoms with Gasteiger partial charge in [-0.25, -0.2) is 9.97 Å². The standard InChI is InChI=1S/C49H41N5/c1-30(2)31-25-26-50-45(28-31)54-42-24-22-33(49(3,4)5)29-40(42)37-23-21-32(27-44(37)54)35-16-12-20-43-47(35)52-48(53(43)34-13-7-6-8-14-34)39-18-11-17-38-36-15-9-10-19-41(36)51-46(38)39/h6-30,51H,1-5H3. The van der Waals surface area contributed by atoms with Crippen molar-refractivity contribution in [1.29, 1.82) is 0 Å². The van der Waals surface area contributed by atoms with Gasteiger partial charge in [0.15, 0.2) is 0 Å². The van der Waals surface area contributed by atoms with Crippen LogP contribution in [0.5, 0.6) is 0 Å². The average Bonchev–Trinajstić information content (AvgIpc) is 3.87. The Kier molecular flexibility index (Phi) is 7.18. The number of imidazole rings is 1. The first-order chi connectivity index (χ1) is 26.2. The molecule has 1 N–H and O–H groups in total. The van der Waals surface area contributed by atoms with Crippen molar-refractivity contribution in [3.05, 3.63) is 157 Å². The Hall–Kier alpha value is -6.46. The van der Waals surface area contributed by atoms with Crippen molar-refractivity contribution in [3.63, 3.8) is 0 Å². The Morgan fingerprint density at radius 2 is 1.37 bits per heavy atom. The van der Waals surface area contributed by atoms with Gasteiger partial charge in [0.1, 0.15) is 11.6 Å². The number of fused-ring (bicyclic) bond motifs is 7. The first-order valence-electron chi connectivity index (χ1n) is 18.9. The van der Waals surface area contributed by atoms with Crippen LogP contribution >= 0.6 is 0 Å². The van der Waals surface area contributed by atoms with Gasteiger partial charge in [-0.15, -0.1) is 0 Å². The number of pyridine rings is 1. The van der Waals surface area contributed by atoms with Crippen LogP contribution in [0.25, 0.3) is 88.7 Å². The molecule has 0 saturated heterocycles. The van der Waals surface area contributed by atoms with Gasteiger partial charge < -0.3 is 4.98 Å². The summed E-state index contributed by atoms with van der Waals surface area (Å²) >= 11 is 0. The third-order valence-corrected chi connectivity index (χ3v) is 11.1. The molecule has 0 spiro atoms. The lowest BCUT2D eigenvalue weighted by atomic mass is 9.86. The van der Waals surface area contributed by atoms with Crippen LogP contribution in [0.15, 0.2) is 146 Å². The minimum absolute atomic E-state index is 0.0283. The molecule has 5 nitrogen and oxygen atoms in total. The summed E-state index contributed by atoms with van der Waals surface area (Å²) in [5, 5.41) is 4.85. The van der Waals surface area contributed by atoms with Crippen molar-refractivity contribution < 1.29 is 0 Å². The van der Waals surface area contributed by atoms with Gasteiger partial charge in [-0.1, -0.05) is 113 Å². The molecule has 54 heavy (non-hydrogen) atoms. The molecule has 0 fully saturated rings. The van der Waals surface area contributed by atoms with E-state index in [0.29, 0.717) is 5.92 Å². The van der Waals surface area contributed by atoms with Crippen molar-refractivity contribution >= 4 is 54.6 Å². The molecule has 10 rings (SSSR count). The Balaban J connectivity index is 1.25. The third-order valence-electron chi connectivity index (χ3n) is 11.1. The van der Waals surface area contributed by atoms with E-state index in [2.05, 4.69) is 188 Å². The molecule has 10 aromatic rings. The number of rotatable bonds is 5. The lowest BCUT2D eigenvalue weighted by Gasteiger charge is -2.19. The van der Waals surface area contributed by atoms with E-state index in [1.54, 1.807) is 0 Å². The topological polar surface area (TPSA) is 51.4 Å². The van der Waals surface area contributed by atoms with Gasteiger partial charge in [-0.3, -0.25) is 9.13 Å². The summed E-state index contributed by atoms with van der Waals surface area (Å²) in [7, 11) is 0. The fraction of sp³-hybridized carbons (Fsp3) is 0.143. The molecule has 0 atom stereocenters. The predicted octanol–water partition coefficient (Wildman–Crippen LogP) is 12.9. The molecule has 4 aromatic heterocycles. The fourth-order valence-electron chi connectivity index (χ4n) is 8.23. The summed E-state index contributed by atoms with van der Waals surface area (Å²) in [6.07, 6.45) is 1.95. The molecule has 5 heteroatoms. The minimum Gasteiger partial charge on any atom is -0.354 e. The van der Waals surface area contributed by atoms with E-state index in [1.165, 1.54) is 32.7 Å². The molecule has 0 aliphatic carbocycles. The van der Waals surface area contributed by atoms with E-state index >= 15 is 0 Å². The van der Waals surface area contributed by atoms with Crippen LogP contribution in [-0.2, 0) is 5.41 Å². The quantitative estimate of drug-likeness (QED) is 0.194. The van der Waals surface area contributed by atoms with Crippen LogP contribution in [0.3, 0.4) is 0 Å². The lowest BCUT2D eigenvalue weighted by molar-refractivity contribution is 0.591. The third kappa shape index (κ3) is 4.99. The summed E-state index contributed by atoms with van der Waals surface area (Å²) in [5.41, 5.74) is 13.5. The highest BCUT2D eigenvalue weighted by Crippen LogP contribution is 2.41. The molecule has 0 amide bonds. The average molecular weight is 700 g/mol. The smallest absolute Gasteiger partial charge is 0.147 e. The molecule has 0 aliphatic heterocycles. The van der Waals surface area contributed by atoms with E-state index in [1.807, 2.05) is 6.20 Å². The van der Waals surface area contributed by atoms with Crippen LogP contribution in [0, 0.1) is 0 Å². The van der Waals surface area contributed by atoms with Crippen LogP contribution < -0.4 is 0 Å². The number of para-hydroxylation sites is 4. The number of benzene rings is 6. The first-order valence-corrected chi connectivity index (χ1v) is 18.9. The molecule has 4 heterocycles. The molecule has 0 aliphatic rings. The molecule has 0 saturated carbocycles. The minimum atomic E-state index is 0.0283. The number of aromatic amines is 1. The van der Waals surface area contributed by atoms with Crippen molar-refractivity contribution in [3.8, 4) is 34.0 Å². The van der Waals surface area contributed by atoms with Gasteiger partial charge in [-0.2, -0.15) is 0 Å². The van der Waals surface area contributed by atoms with Crippen LogP contribution in [-0.4, -0.2) is 24.1 Å². The summed E-state index contributed by atoms with van der Waals surface area (Å²) in [4.78, 5) is 14.2. The van der Waals surface area contributed by atoms with Crippen molar-refractivity contribution in [1.82, 2.24) is 24.1 Å². The first kappa shape index (κ1) is 32.2. The molecule has 0 radical (unpaired) electrons. The van der Waals surface area contributed by atoms with Gasteiger partial charge >= 0.3 is 0 Å². The molecule has 262 valence electrons. The Labute approximate surface area is 314 Å². The number of aromatic nitrogens is 5. The van der Waals surface area contributed by atoms with Crippen LogP contribution in [0.4, 0.5) is 0 Å². The highest BCUT2D eigenvalue weighted by atomic mass is 15.1. The van der Waals surface area contributed by atoms with Crippen molar-refractivity contribution in [2.75, 3.05) is 0 Å². The molecule has 0 unspecified atom stereocenters. The van der Waals surface area contributed by atoms with E-state index in [-0.39, 0.29) is 5.41 Å². The van der Waals surface area contributed by atoms with Crippen LogP contribution in [0.2, 0.25) is 0 Å². The predicted molar refractivity (Wildman–Crippen MR) is 226 cm³/mol. The largest absolute Gasteiger partial charge is 0.354 e. The maximum Gasteiger partial charge on any atom is 0.147 e. The second kappa shape index (κ2) is 12.0. The van der Waals surface area contributed by atoms with Crippen molar-refractivity contribution in [2.45, 2.75) is 46.0 Å². The zero-order valence-corrected chi connectivity index (χ0v) is 31.2. The van der Waals surface area contributed by atoms with E-state index in [0.717, 1.165) is 67.1 Å².